The SMILES string of the molecule is O=c1ccc2ccc(Oc3nc4ccccn4c(=O)c3[N+](=O)[O-])cc2o1. The molecule has 0 radical (unpaired) electrons. The van der Waals surface area contributed by atoms with Crippen molar-refractivity contribution in [2.45, 2.75) is 0 Å². The Hall–Kier alpha value is -4.01. The lowest BCUT2D eigenvalue weighted by molar-refractivity contribution is -0.387. The second-order valence-electron chi connectivity index (χ2n) is 5.31. The Labute approximate surface area is 143 Å². The number of pyridine rings is 1. The average molecular weight is 351 g/mol. The standard InChI is InChI=1S/C17H9N3O6/c21-14-7-5-10-4-6-11(9-12(10)26-14)25-16-15(20(23)24)17(22)19-8-2-1-3-13(19)18-16/h1-9H. The first-order chi connectivity index (χ1) is 12.5. The van der Waals surface area contributed by atoms with Gasteiger partial charge in [-0.3, -0.25) is 19.3 Å². The Balaban J connectivity index is 1.89. The van der Waals surface area contributed by atoms with E-state index in [1.165, 1.54) is 30.5 Å². The van der Waals surface area contributed by atoms with E-state index in [2.05, 4.69) is 4.98 Å². The van der Waals surface area contributed by atoms with Gasteiger partial charge in [-0.25, -0.2) is 4.79 Å². The summed E-state index contributed by atoms with van der Waals surface area (Å²) in [7, 11) is 0. The van der Waals surface area contributed by atoms with Crippen LogP contribution in [0, 0.1) is 10.1 Å². The van der Waals surface area contributed by atoms with Crippen molar-refractivity contribution in [3.8, 4) is 11.6 Å². The Morgan fingerprint density at radius 3 is 2.73 bits per heavy atom. The fourth-order valence-corrected chi connectivity index (χ4v) is 2.50. The summed E-state index contributed by atoms with van der Waals surface area (Å²) in [5.74, 6) is -0.300. The van der Waals surface area contributed by atoms with Crippen LogP contribution in [0.2, 0.25) is 0 Å². The lowest BCUT2D eigenvalue weighted by Gasteiger charge is -2.07. The first kappa shape index (κ1) is 15.5. The van der Waals surface area contributed by atoms with Crippen molar-refractivity contribution < 1.29 is 14.1 Å². The lowest BCUT2D eigenvalue weighted by atomic mass is 10.2. The number of benzene rings is 1. The number of nitrogens with zero attached hydrogens (tertiary/aromatic N) is 3. The van der Waals surface area contributed by atoms with Gasteiger partial charge in [-0.15, -0.1) is 0 Å². The molecule has 26 heavy (non-hydrogen) atoms. The molecule has 0 N–H and O–H groups in total. The third-order valence-corrected chi connectivity index (χ3v) is 3.67. The predicted molar refractivity (Wildman–Crippen MR) is 90.7 cm³/mol. The zero-order valence-corrected chi connectivity index (χ0v) is 13.0. The Bertz CT molecular complexity index is 1290. The molecule has 0 saturated carbocycles. The molecule has 0 aliphatic carbocycles. The number of rotatable bonds is 3. The van der Waals surface area contributed by atoms with Crippen molar-refractivity contribution in [3.05, 3.63) is 85.6 Å². The second-order valence-corrected chi connectivity index (χ2v) is 5.31. The largest absolute Gasteiger partial charge is 0.433 e. The first-order valence-electron chi connectivity index (χ1n) is 7.40. The van der Waals surface area contributed by atoms with E-state index in [-0.39, 0.29) is 17.0 Å². The third-order valence-electron chi connectivity index (χ3n) is 3.67. The molecule has 1 aromatic carbocycles. The van der Waals surface area contributed by atoms with E-state index in [1.54, 1.807) is 24.3 Å². The molecule has 0 unspecified atom stereocenters. The highest BCUT2D eigenvalue weighted by Crippen LogP contribution is 2.28. The number of ether oxygens (including phenoxy) is 1. The van der Waals surface area contributed by atoms with E-state index in [1.807, 2.05) is 0 Å². The van der Waals surface area contributed by atoms with Gasteiger partial charge in [0.1, 0.15) is 17.0 Å². The van der Waals surface area contributed by atoms with E-state index >= 15 is 0 Å². The monoisotopic (exact) mass is 351 g/mol. The van der Waals surface area contributed by atoms with Crippen LogP contribution in [0.25, 0.3) is 16.6 Å². The highest BCUT2D eigenvalue weighted by Gasteiger charge is 2.25. The Morgan fingerprint density at radius 1 is 1.12 bits per heavy atom. The van der Waals surface area contributed by atoms with Gasteiger partial charge in [-0.2, -0.15) is 4.98 Å². The van der Waals surface area contributed by atoms with Crippen molar-refractivity contribution in [1.29, 1.82) is 0 Å². The molecular formula is C17H9N3O6. The van der Waals surface area contributed by atoms with Gasteiger partial charge >= 0.3 is 22.8 Å². The van der Waals surface area contributed by atoms with Crippen LogP contribution in [0.3, 0.4) is 0 Å². The maximum Gasteiger partial charge on any atom is 0.396 e. The molecule has 0 saturated heterocycles. The number of hydrogen-bond donors (Lipinski definition) is 0. The summed E-state index contributed by atoms with van der Waals surface area (Å²) in [5, 5.41) is 12.0. The van der Waals surface area contributed by atoms with Crippen LogP contribution in [0.15, 0.2) is 68.7 Å². The second kappa shape index (κ2) is 5.81. The summed E-state index contributed by atoms with van der Waals surface area (Å²) in [5.41, 5.74) is -1.74. The van der Waals surface area contributed by atoms with Crippen LogP contribution in [-0.2, 0) is 0 Å². The van der Waals surface area contributed by atoms with Crippen molar-refractivity contribution in [2.24, 2.45) is 0 Å². The molecule has 4 rings (SSSR count). The Kier molecular flexibility index (Phi) is 3.47. The van der Waals surface area contributed by atoms with Gasteiger partial charge in [-0.1, -0.05) is 6.07 Å². The lowest BCUT2D eigenvalue weighted by Crippen LogP contribution is -2.19. The van der Waals surface area contributed by atoms with E-state index < -0.39 is 27.7 Å². The molecule has 4 aromatic rings. The molecule has 0 aliphatic heterocycles. The maximum absolute atomic E-state index is 12.4. The number of hydrogen-bond acceptors (Lipinski definition) is 7. The summed E-state index contributed by atoms with van der Waals surface area (Å²) in [6.45, 7) is 0. The molecule has 3 aromatic heterocycles. The third kappa shape index (κ3) is 2.57. The van der Waals surface area contributed by atoms with Crippen LogP contribution < -0.4 is 15.9 Å². The molecule has 128 valence electrons. The molecule has 0 aliphatic rings. The van der Waals surface area contributed by atoms with Crippen LogP contribution in [-0.4, -0.2) is 14.3 Å². The average Bonchev–Trinajstić information content (AvgIpc) is 2.61. The molecule has 9 heteroatoms. The van der Waals surface area contributed by atoms with Gasteiger partial charge in [0, 0.05) is 23.7 Å². The van der Waals surface area contributed by atoms with E-state index in [9.17, 15) is 19.7 Å². The van der Waals surface area contributed by atoms with Gasteiger partial charge in [0.25, 0.3) is 0 Å². The van der Waals surface area contributed by atoms with E-state index in [0.717, 1.165) is 4.40 Å². The summed E-state index contributed by atoms with van der Waals surface area (Å²) in [6, 6.07) is 12.1. The molecule has 3 heterocycles. The number of aromatic nitrogens is 2. The van der Waals surface area contributed by atoms with Gasteiger partial charge in [0.05, 0.1) is 4.92 Å². The van der Waals surface area contributed by atoms with Gasteiger partial charge in [0.2, 0.25) is 0 Å². The van der Waals surface area contributed by atoms with Gasteiger partial charge < -0.3 is 9.15 Å². The zero-order valence-electron chi connectivity index (χ0n) is 13.0. The number of fused-ring (bicyclic) bond motifs is 2. The van der Waals surface area contributed by atoms with Crippen LogP contribution >= 0.6 is 0 Å². The van der Waals surface area contributed by atoms with E-state index in [4.69, 9.17) is 9.15 Å². The zero-order chi connectivity index (χ0) is 18.3. The van der Waals surface area contributed by atoms with Crippen LogP contribution in [0.5, 0.6) is 11.6 Å². The quantitative estimate of drug-likeness (QED) is 0.316. The molecule has 0 spiro atoms. The van der Waals surface area contributed by atoms with Crippen LogP contribution in [0.1, 0.15) is 0 Å². The van der Waals surface area contributed by atoms with Gasteiger partial charge in [0.15, 0.2) is 0 Å². The number of nitro groups is 1. The van der Waals surface area contributed by atoms with Crippen molar-refractivity contribution in [1.82, 2.24) is 9.38 Å². The van der Waals surface area contributed by atoms with Crippen LogP contribution in [0.4, 0.5) is 5.69 Å². The summed E-state index contributed by atoms with van der Waals surface area (Å²) in [4.78, 5) is 38.3. The molecule has 9 nitrogen and oxygen atoms in total. The summed E-state index contributed by atoms with van der Waals surface area (Å²) in [6.07, 6.45) is 1.38. The minimum Gasteiger partial charge on any atom is -0.433 e. The van der Waals surface area contributed by atoms with Crippen molar-refractivity contribution >= 4 is 22.3 Å². The predicted octanol–water partition coefficient (Wildman–Crippen LogP) is 2.50. The van der Waals surface area contributed by atoms with Gasteiger partial charge in [-0.05, 0) is 30.3 Å². The first-order valence-corrected chi connectivity index (χ1v) is 7.40. The topological polar surface area (TPSA) is 117 Å². The normalized spacial score (nSPS) is 10.9. The highest BCUT2D eigenvalue weighted by atomic mass is 16.6. The maximum atomic E-state index is 12.4. The fraction of sp³-hybridized carbons (Fsp3) is 0. The minimum absolute atomic E-state index is 0.141. The summed E-state index contributed by atoms with van der Waals surface area (Å²) >= 11 is 0. The molecule has 0 atom stereocenters. The fourth-order valence-electron chi connectivity index (χ4n) is 2.50. The molecule has 0 fully saturated rings. The van der Waals surface area contributed by atoms with E-state index in [0.29, 0.717) is 5.39 Å². The molecule has 0 amide bonds. The highest BCUT2D eigenvalue weighted by molar-refractivity contribution is 5.77. The Morgan fingerprint density at radius 2 is 1.92 bits per heavy atom. The van der Waals surface area contributed by atoms with Crippen molar-refractivity contribution in [2.75, 3.05) is 0 Å². The smallest absolute Gasteiger partial charge is 0.396 e. The van der Waals surface area contributed by atoms with Crippen molar-refractivity contribution in [3.63, 3.8) is 0 Å². The molecular weight excluding hydrogens is 342 g/mol. The molecule has 0 bridgehead atoms. The summed E-state index contributed by atoms with van der Waals surface area (Å²) < 4.78 is 11.6. The minimum atomic E-state index is -0.858.